The second kappa shape index (κ2) is 4.55. The number of fused-ring (bicyclic) bond motifs is 3. The fourth-order valence-electron chi connectivity index (χ4n) is 3.29. The number of benzene rings is 1. The second-order valence-corrected chi connectivity index (χ2v) is 5.34. The van der Waals surface area contributed by atoms with Crippen LogP contribution < -0.4 is 4.90 Å². The molecule has 5 heteroatoms. The average Bonchev–Trinajstić information content (AvgIpc) is 2.52. The summed E-state index contributed by atoms with van der Waals surface area (Å²) in [5.74, 6) is -1.58. The van der Waals surface area contributed by atoms with Crippen LogP contribution in [0.1, 0.15) is 17.9 Å². The average molecular weight is 285 g/mol. The lowest BCUT2D eigenvalue weighted by molar-refractivity contribution is -0.157. The first-order valence-electron chi connectivity index (χ1n) is 6.70. The number of hydrogen-bond acceptors (Lipinski definition) is 4. The van der Waals surface area contributed by atoms with Crippen LogP contribution in [0, 0.1) is 5.41 Å². The number of nitrogens with zero attached hydrogens (tertiary/aromatic N) is 1. The lowest BCUT2D eigenvalue weighted by Crippen LogP contribution is -2.55. The van der Waals surface area contributed by atoms with E-state index in [4.69, 9.17) is 4.74 Å². The Hall–Kier alpha value is -2.43. The van der Waals surface area contributed by atoms with Crippen LogP contribution in [0.25, 0.3) is 0 Å². The molecule has 1 amide bonds. The lowest BCUT2D eigenvalue weighted by atomic mass is 9.63. The summed E-state index contributed by atoms with van der Waals surface area (Å²) >= 11 is 0. The van der Waals surface area contributed by atoms with E-state index in [0.717, 1.165) is 11.3 Å². The van der Waals surface area contributed by atoms with E-state index in [-0.39, 0.29) is 18.1 Å². The van der Waals surface area contributed by atoms with Gasteiger partial charge in [0.1, 0.15) is 0 Å². The summed E-state index contributed by atoms with van der Waals surface area (Å²) in [6.07, 6.45) is 2.85. The lowest BCUT2D eigenvalue weighted by Gasteiger charge is -2.44. The number of anilines is 1. The van der Waals surface area contributed by atoms with Gasteiger partial charge in [-0.15, -0.1) is 0 Å². The fourth-order valence-corrected chi connectivity index (χ4v) is 3.29. The van der Waals surface area contributed by atoms with Crippen molar-refractivity contribution in [3.8, 4) is 0 Å². The van der Waals surface area contributed by atoms with Crippen LogP contribution in [0.4, 0.5) is 5.69 Å². The van der Waals surface area contributed by atoms with Crippen molar-refractivity contribution in [1.82, 2.24) is 0 Å². The molecule has 0 bridgehead atoms. The predicted octanol–water partition coefficient (Wildman–Crippen LogP) is 1.43. The summed E-state index contributed by atoms with van der Waals surface area (Å²) in [6, 6.07) is 7.34. The maximum atomic E-state index is 12.8. The standard InChI is InChI=1S/C16H15NO4/c1-17-13-6-4-3-5-11(13)12-9-10(18)7-8-16(12,14(17)19)15(20)21-2/h3-8,12H,9H2,1-2H3/t12-,16+/m0/s1. The van der Waals surface area contributed by atoms with Crippen molar-refractivity contribution < 1.29 is 19.1 Å². The van der Waals surface area contributed by atoms with Crippen molar-refractivity contribution >= 4 is 23.3 Å². The SMILES string of the molecule is COC(=O)[C@]12C=CC(=O)C[C@H]1c1ccccc1N(C)C2=O. The number of allylic oxidation sites excluding steroid dienone is 1. The molecule has 1 aliphatic heterocycles. The summed E-state index contributed by atoms with van der Waals surface area (Å²) in [6.45, 7) is 0. The molecule has 1 aromatic carbocycles. The highest BCUT2D eigenvalue weighted by Crippen LogP contribution is 2.51. The third-order valence-corrected chi connectivity index (χ3v) is 4.34. The Balaban J connectivity index is 2.29. The van der Waals surface area contributed by atoms with Gasteiger partial charge >= 0.3 is 5.97 Å². The zero-order chi connectivity index (χ0) is 15.2. The van der Waals surface area contributed by atoms with Crippen molar-refractivity contribution in [2.45, 2.75) is 12.3 Å². The van der Waals surface area contributed by atoms with Gasteiger partial charge < -0.3 is 9.64 Å². The number of amides is 1. The van der Waals surface area contributed by atoms with E-state index in [1.165, 1.54) is 24.2 Å². The Morgan fingerprint density at radius 2 is 2.05 bits per heavy atom. The molecule has 3 rings (SSSR count). The highest BCUT2D eigenvalue weighted by Gasteiger charge is 2.58. The normalized spacial score (nSPS) is 27.1. The van der Waals surface area contributed by atoms with E-state index >= 15 is 0 Å². The maximum Gasteiger partial charge on any atom is 0.325 e. The Morgan fingerprint density at radius 3 is 2.76 bits per heavy atom. The van der Waals surface area contributed by atoms with E-state index in [1.807, 2.05) is 24.3 Å². The van der Waals surface area contributed by atoms with Gasteiger partial charge in [0.2, 0.25) is 5.91 Å². The molecule has 0 fully saturated rings. The molecule has 0 saturated carbocycles. The molecule has 1 heterocycles. The van der Waals surface area contributed by atoms with E-state index in [0.29, 0.717) is 0 Å². The number of carbonyl (C=O) groups excluding carboxylic acids is 3. The highest BCUT2D eigenvalue weighted by molar-refractivity contribution is 6.16. The first-order chi connectivity index (χ1) is 10.0. The Labute approximate surface area is 122 Å². The van der Waals surface area contributed by atoms with E-state index in [1.54, 1.807) is 7.05 Å². The van der Waals surface area contributed by atoms with Gasteiger partial charge in [0, 0.05) is 25.1 Å². The molecular weight excluding hydrogens is 270 g/mol. The first kappa shape index (κ1) is 13.5. The van der Waals surface area contributed by atoms with Gasteiger partial charge in [0.15, 0.2) is 11.2 Å². The smallest absolute Gasteiger partial charge is 0.325 e. The van der Waals surface area contributed by atoms with Crippen LogP contribution in [0.5, 0.6) is 0 Å². The fraction of sp³-hybridized carbons (Fsp3) is 0.312. The van der Waals surface area contributed by atoms with Gasteiger partial charge in [0.05, 0.1) is 7.11 Å². The number of para-hydroxylation sites is 1. The van der Waals surface area contributed by atoms with Crippen molar-refractivity contribution in [2.24, 2.45) is 5.41 Å². The maximum absolute atomic E-state index is 12.8. The number of rotatable bonds is 1. The van der Waals surface area contributed by atoms with Crippen molar-refractivity contribution in [3.05, 3.63) is 42.0 Å². The van der Waals surface area contributed by atoms with Gasteiger partial charge in [0.25, 0.3) is 0 Å². The molecule has 0 aromatic heterocycles. The van der Waals surface area contributed by atoms with Crippen LogP contribution in [-0.2, 0) is 19.1 Å². The summed E-state index contributed by atoms with van der Waals surface area (Å²) in [5.41, 5.74) is 0.115. The molecule has 5 nitrogen and oxygen atoms in total. The highest BCUT2D eigenvalue weighted by atomic mass is 16.5. The number of carbonyl (C=O) groups is 3. The van der Waals surface area contributed by atoms with Crippen molar-refractivity contribution in [3.63, 3.8) is 0 Å². The number of hydrogen-bond donors (Lipinski definition) is 0. The summed E-state index contributed by atoms with van der Waals surface area (Å²) < 4.78 is 4.87. The number of ether oxygens (including phenoxy) is 1. The van der Waals surface area contributed by atoms with Crippen LogP contribution in [0.2, 0.25) is 0 Å². The number of ketones is 1. The monoisotopic (exact) mass is 285 g/mol. The van der Waals surface area contributed by atoms with Gasteiger partial charge in [-0.05, 0) is 17.7 Å². The van der Waals surface area contributed by atoms with Gasteiger partial charge in [-0.25, -0.2) is 0 Å². The molecule has 0 unspecified atom stereocenters. The Bertz CT molecular complexity index is 679. The second-order valence-electron chi connectivity index (χ2n) is 5.34. The van der Waals surface area contributed by atoms with E-state index in [9.17, 15) is 14.4 Å². The molecule has 0 radical (unpaired) electrons. The zero-order valence-corrected chi connectivity index (χ0v) is 11.8. The van der Waals surface area contributed by atoms with E-state index in [2.05, 4.69) is 0 Å². The summed E-state index contributed by atoms with van der Waals surface area (Å²) in [4.78, 5) is 38.4. The van der Waals surface area contributed by atoms with Crippen LogP contribution in [-0.4, -0.2) is 31.8 Å². The van der Waals surface area contributed by atoms with Gasteiger partial charge in [-0.3, -0.25) is 14.4 Å². The van der Waals surface area contributed by atoms with Crippen molar-refractivity contribution in [1.29, 1.82) is 0 Å². The number of methoxy groups -OCH3 is 1. The molecular formula is C16H15NO4. The van der Waals surface area contributed by atoms with Crippen LogP contribution in [0.3, 0.4) is 0 Å². The molecule has 2 atom stereocenters. The molecule has 0 N–H and O–H groups in total. The molecule has 1 aromatic rings. The molecule has 1 aliphatic carbocycles. The summed E-state index contributed by atoms with van der Waals surface area (Å²) in [5, 5.41) is 0. The Morgan fingerprint density at radius 1 is 1.33 bits per heavy atom. The zero-order valence-electron chi connectivity index (χ0n) is 11.8. The quantitative estimate of drug-likeness (QED) is 0.578. The van der Waals surface area contributed by atoms with E-state index < -0.39 is 17.3 Å². The van der Waals surface area contributed by atoms with Crippen molar-refractivity contribution in [2.75, 3.05) is 19.1 Å². The molecule has 108 valence electrons. The third kappa shape index (κ3) is 1.67. The minimum absolute atomic E-state index is 0.0910. The molecule has 0 saturated heterocycles. The minimum atomic E-state index is -1.44. The predicted molar refractivity (Wildman–Crippen MR) is 75.8 cm³/mol. The molecule has 2 aliphatic rings. The first-order valence-corrected chi connectivity index (χ1v) is 6.70. The molecule has 21 heavy (non-hydrogen) atoms. The topological polar surface area (TPSA) is 63.7 Å². The van der Waals surface area contributed by atoms with Crippen LogP contribution >= 0.6 is 0 Å². The molecule has 0 spiro atoms. The third-order valence-electron chi connectivity index (χ3n) is 4.34. The largest absolute Gasteiger partial charge is 0.468 e. The number of esters is 1. The van der Waals surface area contributed by atoms with Gasteiger partial charge in [-0.2, -0.15) is 0 Å². The van der Waals surface area contributed by atoms with Gasteiger partial charge in [-0.1, -0.05) is 24.3 Å². The van der Waals surface area contributed by atoms with Crippen LogP contribution in [0.15, 0.2) is 36.4 Å². The summed E-state index contributed by atoms with van der Waals surface area (Å²) in [7, 11) is 2.89. The Kier molecular flexibility index (Phi) is 2.93. The minimum Gasteiger partial charge on any atom is -0.468 e.